The summed E-state index contributed by atoms with van der Waals surface area (Å²) in [4.78, 5) is 0. The number of rotatable bonds is 1. The van der Waals surface area contributed by atoms with Crippen LogP contribution >= 0.6 is 69.6 Å². The van der Waals surface area contributed by atoms with Crippen LogP contribution in [0.1, 0.15) is 0 Å². The van der Waals surface area contributed by atoms with Crippen LogP contribution < -0.4 is 0 Å². The van der Waals surface area contributed by atoms with E-state index in [4.69, 9.17) is 69.6 Å². The highest BCUT2D eigenvalue weighted by Crippen LogP contribution is 2.46. The third-order valence-corrected chi connectivity index (χ3v) is 4.57. The molecule has 1 N–H and O–H groups in total. The number of benzene rings is 2. The van der Waals surface area contributed by atoms with E-state index < -0.39 is 0 Å². The fourth-order valence-corrected chi connectivity index (χ4v) is 3.05. The SMILES string of the molecule is Oc1c(Cl)cc(-c2c(Cl)c(Cl)cc(Cl)c2Cl)cc1Cl. The van der Waals surface area contributed by atoms with Gasteiger partial charge in [0.15, 0.2) is 5.75 Å². The zero-order valence-corrected chi connectivity index (χ0v) is 13.5. The Bertz CT molecular complexity index is 618. The Morgan fingerprint density at radius 2 is 1.05 bits per heavy atom. The van der Waals surface area contributed by atoms with Crippen molar-refractivity contribution in [3.05, 3.63) is 48.3 Å². The fraction of sp³-hybridized carbons (Fsp3) is 0. The van der Waals surface area contributed by atoms with Crippen molar-refractivity contribution in [1.29, 1.82) is 0 Å². The summed E-state index contributed by atoms with van der Waals surface area (Å²) < 4.78 is 0. The second kappa shape index (κ2) is 5.77. The minimum atomic E-state index is -0.215. The van der Waals surface area contributed by atoms with Gasteiger partial charge in [-0.3, -0.25) is 0 Å². The van der Waals surface area contributed by atoms with Crippen molar-refractivity contribution in [2.24, 2.45) is 0 Å². The lowest BCUT2D eigenvalue weighted by molar-refractivity contribution is 0.476. The van der Waals surface area contributed by atoms with Gasteiger partial charge in [0.2, 0.25) is 0 Å². The molecule has 0 saturated carbocycles. The van der Waals surface area contributed by atoms with Gasteiger partial charge in [-0.15, -0.1) is 0 Å². The van der Waals surface area contributed by atoms with Gasteiger partial charge < -0.3 is 5.11 Å². The quantitative estimate of drug-likeness (QED) is 0.532. The predicted octanol–water partition coefficient (Wildman–Crippen LogP) is 6.98. The van der Waals surface area contributed by atoms with Crippen molar-refractivity contribution < 1.29 is 5.11 Å². The summed E-state index contributed by atoms with van der Waals surface area (Å²) in [5, 5.41) is 10.7. The summed E-state index contributed by atoms with van der Waals surface area (Å²) in [5.41, 5.74) is 0.914. The lowest BCUT2D eigenvalue weighted by Gasteiger charge is -2.12. The molecule has 0 aliphatic rings. The molecule has 0 aromatic heterocycles. The molecule has 19 heavy (non-hydrogen) atoms. The second-order valence-electron chi connectivity index (χ2n) is 3.63. The van der Waals surface area contributed by atoms with Crippen molar-refractivity contribution in [3.8, 4) is 16.9 Å². The van der Waals surface area contributed by atoms with Crippen LogP contribution in [0.4, 0.5) is 0 Å². The summed E-state index contributed by atoms with van der Waals surface area (Å²) in [5.74, 6) is -0.215. The van der Waals surface area contributed by atoms with E-state index in [9.17, 15) is 5.11 Å². The average molecular weight is 377 g/mol. The molecule has 0 aliphatic carbocycles. The molecule has 2 aromatic carbocycles. The van der Waals surface area contributed by atoms with E-state index in [1.807, 2.05) is 0 Å². The van der Waals surface area contributed by atoms with Gasteiger partial charge >= 0.3 is 0 Å². The van der Waals surface area contributed by atoms with Gasteiger partial charge in [-0.05, 0) is 23.8 Å². The largest absolute Gasteiger partial charge is 0.505 e. The van der Waals surface area contributed by atoms with Gasteiger partial charge in [0, 0.05) is 5.56 Å². The number of halogens is 6. The van der Waals surface area contributed by atoms with E-state index in [0.29, 0.717) is 11.1 Å². The van der Waals surface area contributed by atoms with Gasteiger partial charge in [-0.1, -0.05) is 69.6 Å². The van der Waals surface area contributed by atoms with Gasteiger partial charge in [0.05, 0.1) is 30.1 Å². The molecule has 0 unspecified atom stereocenters. The smallest absolute Gasteiger partial charge is 0.152 e. The van der Waals surface area contributed by atoms with E-state index in [0.717, 1.165) is 0 Å². The summed E-state index contributed by atoms with van der Waals surface area (Å²) in [7, 11) is 0. The van der Waals surface area contributed by atoms with Crippen LogP contribution in [0.2, 0.25) is 30.1 Å². The maximum atomic E-state index is 9.54. The second-order valence-corrected chi connectivity index (χ2v) is 6.02. The standard InChI is InChI=1S/C12H4Cl6O/c13-5-3-6(14)11(18)9(10(5)17)4-1-7(15)12(19)8(16)2-4/h1-3,19H. The number of phenolic OH excluding ortho intramolecular Hbond substituents is 1. The molecule has 0 aliphatic heterocycles. The van der Waals surface area contributed by atoms with Gasteiger partial charge in [0.25, 0.3) is 0 Å². The maximum Gasteiger partial charge on any atom is 0.152 e. The zero-order valence-electron chi connectivity index (χ0n) is 8.95. The molecule has 0 heterocycles. The molecule has 0 fully saturated rings. The molecule has 0 spiro atoms. The molecule has 0 atom stereocenters. The van der Waals surface area contributed by atoms with Crippen LogP contribution in [0.15, 0.2) is 18.2 Å². The number of aromatic hydroxyl groups is 1. The van der Waals surface area contributed by atoms with Crippen molar-refractivity contribution >= 4 is 69.6 Å². The van der Waals surface area contributed by atoms with Gasteiger partial charge in [-0.2, -0.15) is 0 Å². The van der Waals surface area contributed by atoms with Crippen LogP contribution in [-0.4, -0.2) is 5.11 Å². The Balaban J connectivity index is 2.79. The molecule has 0 saturated heterocycles. The normalized spacial score (nSPS) is 10.8. The van der Waals surface area contributed by atoms with Crippen LogP contribution in [0.25, 0.3) is 11.1 Å². The summed E-state index contributed by atoms with van der Waals surface area (Å²) in [6.45, 7) is 0. The van der Waals surface area contributed by atoms with Gasteiger partial charge in [-0.25, -0.2) is 0 Å². The first kappa shape index (κ1) is 15.4. The van der Waals surface area contributed by atoms with Crippen LogP contribution in [-0.2, 0) is 0 Å². The molecule has 7 heteroatoms. The Labute approximate surface area is 139 Å². The minimum Gasteiger partial charge on any atom is -0.505 e. The molecule has 0 bridgehead atoms. The summed E-state index contributed by atoms with van der Waals surface area (Å²) in [6.07, 6.45) is 0. The maximum absolute atomic E-state index is 9.54. The summed E-state index contributed by atoms with van der Waals surface area (Å²) >= 11 is 35.9. The van der Waals surface area contributed by atoms with E-state index in [2.05, 4.69) is 0 Å². The number of phenols is 1. The molecule has 100 valence electrons. The minimum absolute atomic E-state index is 0.0748. The molecule has 0 radical (unpaired) electrons. The molecule has 1 nitrogen and oxygen atoms in total. The van der Waals surface area contributed by atoms with E-state index >= 15 is 0 Å². The van der Waals surface area contributed by atoms with E-state index in [-0.39, 0.29) is 35.9 Å². The van der Waals surface area contributed by atoms with E-state index in [1.54, 1.807) is 0 Å². The van der Waals surface area contributed by atoms with Crippen molar-refractivity contribution in [2.45, 2.75) is 0 Å². The van der Waals surface area contributed by atoms with Crippen molar-refractivity contribution in [1.82, 2.24) is 0 Å². The Hall–Kier alpha value is -0.0200. The molecule has 2 aromatic rings. The Morgan fingerprint density at radius 1 is 0.632 bits per heavy atom. The Morgan fingerprint density at radius 3 is 1.47 bits per heavy atom. The first-order valence-electron chi connectivity index (χ1n) is 4.84. The third-order valence-electron chi connectivity index (χ3n) is 2.42. The predicted molar refractivity (Wildman–Crippen MR) is 83.6 cm³/mol. The zero-order chi connectivity index (χ0) is 14.3. The van der Waals surface area contributed by atoms with E-state index in [1.165, 1.54) is 18.2 Å². The fourth-order valence-electron chi connectivity index (χ4n) is 1.54. The monoisotopic (exact) mass is 374 g/mol. The highest BCUT2D eigenvalue weighted by Gasteiger charge is 2.18. The van der Waals surface area contributed by atoms with Gasteiger partial charge in [0.1, 0.15) is 0 Å². The number of hydrogen-bond acceptors (Lipinski definition) is 1. The highest BCUT2D eigenvalue weighted by atomic mass is 35.5. The van der Waals surface area contributed by atoms with Crippen molar-refractivity contribution in [2.75, 3.05) is 0 Å². The molecular weight excluding hydrogens is 373 g/mol. The average Bonchev–Trinajstić information content (AvgIpc) is 2.34. The van der Waals surface area contributed by atoms with Crippen molar-refractivity contribution in [3.63, 3.8) is 0 Å². The summed E-state index contributed by atoms with van der Waals surface area (Å²) in [6, 6.07) is 4.39. The Kier molecular flexibility index (Phi) is 4.67. The third kappa shape index (κ3) is 2.87. The first-order chi connectivity index (χ1) is 8.82. The molecule has 2 rings (SSSR count). The first-order valence-corrected chi connectivity index (χ1v) is 7.11. The van der Waals surface area contributed by atoms with Crippen LogP contribution in [0, 0.1) is 0 Å². The number of hydrogen-bond donors (Lipinski definition) is 1. The lowest BCUT2D eigenvalue weighted by Crippen LogP contribution is -1.86. The lowest BCUT2D eigenvalue weighted by atomic mass is 10.1. The molecular formula is C12H4Cl6O. The van der Waals surface area contributed by atoms with Crippen LogP contribution in [0.3, 0.4) is 0 Å². The van der Waals surface area contributed by atoms with Crippen LogP contribution in [0.5, 0.6) is 5.75 Å². The highest BCUT2D eigenvalue weighted by molar-refractivity contribution is 6.50. The topological polar surface area (TPSA) is 20.2 Å². The molecule has 0 amide bonds.